The van der Waals surface area contributed by atoms with E-state index in [2.05, 4.69) is 15.3 Å². The third-order valence-corrected chi connectivity index (χ3v) is 5.64. The van der Waals surface area contributed by atoms with Gasteiger partial charge in [-0.15, -0.1) is 0 Å². The summed E-state index contributed by atoms with van der Waals surface area (Å²) in [5.41, 5.74) is 1.66. The van der Waals surface area contributed by atoms with Crippen molar-refractivity contribution in [3.05, 3.63) is 11.9 Å². The standard InChI is InChI=1S/C12H21N4OP/c1-15-10(11(4-14-15)18(2,3)17)5-16-8-12(9-16)6-13-7-12/h4,13H,5-9H2,1-3H3. The zero-order valence-corrected chi connectivity index (χ0v) is 12.2. The molecule has 0 aromatic carbocycles. The lowest BCUT2D eigenvalue weighted by Crippen LogP contribution is -2.70. The van der Waals surface area contributed by atoms with E-state index in [1.165, 1.54) is 0 Å². The van der Waals surface area contributed by atoms with Crippen LogP contribution in [0.3, 0.4) is 0 Å². The van der Waals surface area contributed by atoms with Gasteiger partial charge in [-0.25, -0.2) is 0 Å². The van der Waals surface area contributed by atoms with Crippen molar-refractivity contribution in [1.82, 2.24) is 20.0 Å². The van der Waals surface area contributed by atoms with E-state index >= 15 is 0 Å². The molecule has 18 heavy (non-hydrogen) atoms. The minimum Gasteiger partial charge on any atom is -0.319 e. The van der Waals surface area contributed by atoms with Crippen LogP contribution in [-0.4, -0.2) is 54.2 Å². The van der Waals surface area contributed by atoms with Crippen LogP contribution in [0.15, 0.2) is 6.20 Å². The van der Waals surface area contributed by atoms with Crippen LogP contribution in [0.25, 0.3) is 0 Å². The predicted molar refractivity (Wildman–Crippen MR) is 72.9 cm³/mol. The molecule has 2 aliphatic rings. The first kappa shape index (κ1) is 12.4. The van der Waals surface area contributed by atoms with Gasteiger partial charge in [-0.3, -0.25) is 9.58 Å². The van der Waals surface area contributed by atoms with Crippen molar-refractivity contribution in [2.24, 2.45) is 12.5 Å². The molecule has 6 heteroatoms. The van der Waals surface area contributed by atoms with Crippen molar-refractivity contribution in [1.29, 1.82) is 0 Å². The van der Waals surface area contributed by atoms with Gasteiger partial charge < -0.3 is 9.88 Å². The van der Waals surface area contributed by atoms with Crippen molar-refractivity contribution in [3.8, 4) is 0 Å². The zero-order valence-electron chi connectivity index (χ0n) is 11.3. The van der Waals surface area contributed by atoms with Gasteiger partial charge in [-0.2, -0.15) is 5.10 Å². The highest BCUT2D eigenvalue weighted by Crippen LogP contribution is 2.38. The molecule has 2 saturated heterocycles. The number of aromatic nitrogens is 2. The van der Waals surface area contributed by atoms with Crippen molar-refractivity contribution in [2.45, 2.75) is 6.54 Å². The van der Waals surface area contributed by atoms with Gasteiger partial charge in [-0.1, -0.05) is 0 Å². The summed E-state index contributed by atoms with van der Waals surface area (Å²) in [6.45, 7) is 9.13. The maximum atomic E-state index is 12.3. The lowest BCUT2D eigenvalue weighted by molar-refractivity contribution is -0.0454. The molecule has 1 aromatic rings. The van der Waals surface area contributed by atoms with Gasteiger partial charge in [-0.05, 0) is 13.3 Å². The monoisotopic (exact) mass is 268 g/mol. The van der Waals surface area contributed by atoms with Crippen molar-refractivity contribution >= 4 is 12.4 Å². The molecule has 2 fully saturated rings. The van der Waals surface area contributed by atoms with Crippen LogP contribution in [0, 0.1) is 5.41 Å². The number of hydrogen-bond acceptors (Lipinski definition) is 4. The van der Waals surface area contributed by atoms with E-state index in [1.807, 2.05) is 25.1 Å². The normalized spacial score (nSPS) is 22.8. The number of aryl methyl sites for hydroxylation is 1. The summed E-state index contributed by atoms with van der Waals surface area (Å²) in [4.78, 5) is 2.43. The van der Waals surface area contributed by atoms with Crippen LogP contribution in [0.2, 0.25) is 0 Å². The number of nitrogens with one attached hydrogen (secondary N) is 1. The average Bonchev–Trinajstić information content (AvgIpc) is 2.49. The zero-order chi connectivity index (χ0) is 13.0. The first-order valence-corrected chi connectivity index (χ1v) is 8.99. The number of hydrogen-bond donors (Lipinski definition) is 1. The van der Waals surface area contributed by atoms with Crippen LogP contribution >= 0.6 is 7.14 Å². The SMILES string of the molecule is Cn1ncc(P(C)(C)=O)c1CN1CC2(CNC2)C1. The molecule has 100 valence electrons. The molecule has 0 atom stereocenters. The van der Waals surface area contributed by atoms with E-state index in [1.54, 1.807) is 6.20 Å². The lowest BCUT2D eigenvalue weighted by Gasteiger charge is -2.56. The minimum atomic E-state index is -2.22. The Bertz CT molecular complexity index is 506. The van der Waals surface area contributed by atoms with Gasteiger partial charge in [0.25, 0.3) is 0 Å². The summed E-state index contributed by atoms with van der Waals surface area (Å²) in [5.74, 6) is 0. The van der Waals surface area contributed by atoms with Crippen LogP contribution < -0.4 is 10.6 Å². The summed E-state index contributed by atoms with van der Waals surface area (Å²) in [6, 6.07) is 0. The Kier molecular flexibility index (Phi) is 2.70. The Morgan fingerprint density at radius 2 is 2.11 bits per heavy atom. The van der Waals surface area contributed by atoms with Crippen LogP contribution in [0.5, 0.6) is 0 Å². The summed E-state index contributed by atoms with van der Waals surface area (Å²) in [6.07, 6.45) is 1.77. The summed E-state index contributed by atoms with van der Waals surface area (Å²) >= 11 is 0. The molecule has 0 unspecified atom stereocenters. The highest BCUT2D eigenvalue weighted by atomic mass is 31.2. The molecule has 1 spiro atoms. The topological polar surface area (TPSA) is 50.2 Å². The largest absolute Gasteiger partial charge is 0.319 e. The van der Waals surface area contributed by atoms with Crippen LogP contribution in [0.4, 0.5) is 0 Å². The summed E-state index contributed by atoms with van der Waals surface area (Å²) in [7, 11) is -0.286. The van der Waals surface area contributed by atoms with Crippen LogP contribution in [0.1, 0.15) is 5.69 Å². The molecule has 3 rings (SSSR count). The molecule has 2 aliphatic heterocycles. The third kappa shape index (κ3) is 1.94. The molecule has 1 N–H and O–H groups in total. The summed E-state index contributed by atoms with van der Waals surface area (Å²) < 4.78 is 14.1. The lowest BCUT2D eigenvalue weighted by atomic mass is 9.74. The average molecular weight is 268 g/mol. The van der Waals surface area contributed by atoms with Gasteiger partial charge in [0, 0.05) is 45.2 Å². The van der Waals surface area contributed by atoms with E-state index < -0.39 is 7.14 Å². The molecule has 0 radical (unpaired) electrons. The fourth-order valence-electron chi connectivity index (χ4n) is 3.01. The van der Waals surface area contributed by atoms with Crippen molar-refractivity contribution in [3.63, 3.8) is 0 Å². The Balaban J connectivity index is 1.73. The quantitative estimate of drug-likeness (QED) is 0.788. The Morgan fingerprint density at radius 3 is 2.61 bits per heavy atom. The number of likely N-dealkylation sites (tertiary alicyclic amines) is 1. The molecule has 0 aliphatic carbocycles. The Hall–Kier alpha value is -0.640. The van der Waals surface area contributed by atoms with E-state index in [4.69, 9.17) is 0 Å². The predicted octanol–water partition coefficient (Wildman–Crippen LogP) is 0.0733. The first-order valence-electron chi connectivity index (χ1n) is 6.39. The van der Waals surface area contributed by atoms with Gasteiger partial charge in [0.15, 0.2) is 0 Å². The van der Waals surface area contributed by atoms with Gasteiger partial charge >= 0.3 is 0 Å². The second kappa shape index (κ2) is 3.92. The second-order valence-corrected chi connectivity index (χ2v) is 9.38. The molecule has 0 saturated carbocycles. The van der Waals surface area contributed by atoms with Crippen molar-refractivity contribution in [2.75, 3.05) is 39.5 Å². The molecule has 0 bridgehead atoms. The fraction of sp³-hybridized carbons (Fsp3) is 0.750. The van der Waals surface area contributed by atoms with E-state index in [0.717, 1.165) is 43.7 Å². The number of nitrogens with zero attached hydrogens (tertiary/aromatic N) is 3. The number of rotatable bonds is 3. The Labute approximate surface area is 108 Å². The molecular formula is C12H21N4OP. The van der Waals surface area contributed by atoms with E-state index in [9.17, 15) is 4.57 Å². The van der Waals surface area contributed by atoms with Gasteiger partial charge in [0.05, 0.1) is 17.2 Å². The van der Waals surface area contributed by atoms with Crippen LogP contribution in [-0.2, 0) is 18.2 Å². The highest BCUT2D eigenvalue weighted by Gasteiger charge is 2.47. The molecular weight excluding hydrogens is 247 g/mol. The fourth-order valence-corrected chi connectivity index (χ4v) is 4.18. The highest BCUT2D eigenvalue weighted by molar-refractivity contribution is 7.70. The maximum absolute atomic E-state index is 12.3. The third-order valence-electron chi connectivity index (χ3n) is 4.11. The molecule has 3 heterocycles. The molecule has 0 amide bonds. The van der Waals surface area contributed by atoms with E-state index in [0.29, 0.717) is 5.41 Å². The summed E-state index contributed by atoms with van der Waals surface area (Å²) in [5, 5.41) is 8.55. The molecule has 5 nitrogen and oxygen atoms in total. The molecule has 1 aromatic heterocycles. The van der Waals surface area contributed by atoms with Gasteiger partial charge in [0.1, 0.15) is 7.14 Å². The second-order valence-electron chi connectivity index (χ2n) is 6.20. The first-order chi connectivity index (χ1) is 8.40. The minimum absolute atomic E-state index is 0.543. The van der Waals surface area contributed by atoms with E-state index in [-0.39, 0.29) is 0 Å². The maximum Gasteiger partial charge on any atom is 0.113 e. The Morgan fingerprint density at radius 1 is 1.44 bits per heavy atom. The van der Waals surface area contributed by atoms with Crippen molar-refractivity contribution < 1.29 is 4.57 Å². The smallest absolute Gasteiger partial charge is 0.113 e. The van der Waals surface area contributed by atoms with Gasteiger partial charge in [0.2, 0.25) is 0 Å².